The molecule has 2 aromatic rings. The molecule has 0 aliphatic rings. The van der Waals surface area contributed by atoms with Crippen molar-refractivity contribution in [1.29, 1.82) is 0 Å². The minimum atomic E-state index is -0.00419. The molecule has 0 spiro atoms. The Bertz CT molecular complexity index is 525. The Balaban J connectivity index is 2.03. The second-order valence-electron chi connectivity index (χ2n) is 3.43. The van der Waals surface area contributed by atoms with Crippen molar-refractivity contribution in [1.82, 2.24) is 0 Å². The number of hydrogen-bond donors (Lipinski definition) is 1. The lowest BCUT2D eigenvalue weighted by Gasteiger charge is -2.07. The molecule has 17 heavy (non-hydrogen) atoms. The molecule has 0 saturated heterocycles. The van der Waals surface area contributed by atoms with Gasteiger partial charge in [-0.1, -0.05) is 22.0 Å². The number of carbonyl (C=O) groups is 1. The van der Waals surface area contributed by atoms with Crippen molar-refractivity contribution in [2.24, 2.45) is 0 Å². The Hall–Kier alpha value is -0.650. The van der Waals surface area contributed by atoms with Gasteiger partial charge in [-0.25, -0.2) is 0 Å². The van der Waals surface area contributed by atoms with Gasteiger partial charge in [0, 0.05) is 13.8 Å². The lowest BCUT2D eigenvalue weighted by molar-refractivity contribution is -0.115. The third-order valence-corrected chi connectivity index (χ3v) is 4.15. The molecule has 0 fully saturated rings. The molecule has 0 radical (unpaired) electrons. The first-order valence-corrected chi connectivity index (χ1v) is 7.39. The van der Waals surface area contributed by atoms with Gasteiger partial charge >= 0.3 is 0 Å². The molecule has 5 heteroatoms. The molecular weight excluding hydrogens is 366 g/mol. The molecule has 0 saturated carbocycles. The lowest BCUT2D eigenvalue weighted by atomic mass is 10.3. The molecule has 1 amide bonds. The van der Waals surface area contributed by atoms with Crippen LogP contribution in [0.25, 0.3) is 0 Å². The highest BCUT2D eigenvalue weighted by atomic mass is 79.9. The minimum Gasteiger partial charge on any atom is -0.325 e. The van der Waals surface area contributed by atoms with Crippen LogP contribution < -0.4 is 5.32 Å². The van der Waals surface area contributed by atoms with Gasteiger partial charge in [-0.2, -0.15) is 0 Å². The van der Waals surface area contributed by atoms with E-state index in [0.29, 0.717) is 6.42 Å². The Morgan fingerprint density at radius 2 is 2.12 bits per heavy atom. The summed E-state index contributed by atoms with van der Waals surface area (Å²) in [5.74, 6) is -0.00419. The zero-order valence-corrected chi connectivity index (χ0v) is 12.7. The number of anilines is 1. The molecule has 1 aromatic heterocycles. The van der Waals surface area contributed by atoms with Gasteiger partial charge in [-0.15, -0.1) is 11.3 Å². The van der Waals surface area contributed by atoms with E-state index in [2.05, 4.69) is 37.2 Å². The lowest BCUT2D eigenvalue weighted by Crippen LogP contribution is -2.13. The predicted molar refractivity (Wildman–Crippen MR) is 78.5 cm³/mol. The van der Waals surface area contributed by atoms with E-state index in [4.69, 9.17) is 0 Å². The molecular formula is C12H9Br2NOS. The summed E-state index contributed by atoms with van der Waals surface area (Å²) in [5.41, 5.74) is 0.787. The maximum absolute atomic E-state index is 11.8. The zero-order chi connectivity index (χ0) is 12.3. The van der Waals surface area contributed by atoms with Crippen LogP contribution in [-0.4, -0.2) is 5.91 Å². The summed E-state index contributed by atoms with van der Waals surface area (Å²) >= 11 is 8.37. The van der Waals surface area contributed by atoms with Crippen molar-refractivity contribution in [3.05, 3.63) is 49.5 Å². The van der Waals surface area contributed by atoms with E-state index >= 15 is 0 Å². The highest BCUT2D eigenvalue weighted by molar-refractivity contribution is 9.11. The van der Waals surface area contributed by atoms with E-state index in [1.807, 2.05) is 35.7 Å². The molecule has 2 rings (SSSR count). The Kier molecular flexibility index (Phi) is 4.36. The van der Waals surface area contributed by atoms with Gasteiger partial charge < -0.3 is 5.32 Å². The third-order valence-electron chi connectivity index (χ3n) is 2.12. The van der Waals surface area contributed by atoms with Crippen molar-refractivity contribution in [2.45, 2.75) is 6.42 Å². The van der Waals surface area contributed by atoms with Crippen molar-refractivity contribution in [3.63, 3.8) is 0 Å². The van der Waals surface area contributed by atoms with Crippen LogP contribution in [-0.2, 0) is 11.2 Å². The van der Waals surface area contributed by atoms with Crippen molar-refractivity contribution in [3.8, 4) is 0 Å². The fourth-order valence-electron chi connectivity index (χ4n) is 1.36. The van der Waals surface area contributed by atoms with E-state index in [0.717, 1.165) is 19.5 Å². The Labute approximate surface area is 120 Å². The molecule has 0 aliphatic carbocycles. The van der Waals surface area contributed by atoms with Crippen LogP contribution in [0.15, 0.2) is 44.7 Å². The van der Waals surface area contributed by atoms with Gasteiger partial charge in [-0.3, -0.25) is 4.79 Å². The van der Waals surface area contributed by atoms with Crippen LogP contribution in [0.4, 0.5) is 5.69 Å². The fraction of sp³-hybridized carbons (Fsp3) is 0.0833. The maximum atomic E-state index is 11.8. The van der Waals surface area contributed by atoms with Crippen LogP contribution in [0, 0.1) is 0 Å². The maximum Gasteiger partial charge on any atom is 0.229 e. The first kappa shape index (κ1) is 12.8. The van der Waals surface area contributed by atoms with E-state index in [1.165, 1.54) is 0 Å². The van der Waals surface area contributed by atoms with Gasteiger partial charge in [0.15, 0.2) is 0 Å². The van der Waals surface area contributed by atoms with Crippen LogP contribution in [0.5, 0.6) is 0 Å². The summed E-state index contributed by atoms with van der Waals surface area (Å²) in [7, 11) is 0. The van der Waals surface area contributed by atoms with Gasteiger partial charge in [0.05, 0.1) is 12.1 Å². The Morgan fingerprint density at radius 1 is 1.29 bits per heavy atom. The number of carbonyl (C=O) groups excluding carboxylic acids is 1. The molecule has 0 aliphatic heterocycles. The minimum absolute atomic E-state index is 0.00419. The highest BCUT2D eigenvalue weighted by Crippen LogP contribution is 2.26. The van der Waals surface area contributed by atoms with E-state index < -0.39 is 0 Å². The topological polar surface area (TPSA) is 29.1 Å². The number of benzene rings is 1. The molecule has 88 valence electrons. The smallest absolute Gasteiger partial charge is 0.229 e. The Morgan fingerprint density at radius 3 is 2.76 bits per heavy atom. The van der Waals surface area contributed by atoms with Gasteiger partial charge in [0.25, 0.3) is 0 Å². The number of rotatable bonds is 3. The van der Waals surface area contributed by atoms with E-state index in [9.17, 15) is 4.79 Å². The quantitative estimate of drug-likeness (QED) is 0.844. The standard InChI is InChI=1S/C12H9Br2NOS/c13-8-3-4-11(10(14)6-8)15-12(16)7-9-2-1-5-17-9/h1-6H,7H2,(H,15,16). The number of nitrogens with one attached hydrogen (secondary N) is 1. The number of amides is 1. The summed E-state index contributed by atoms with van der Waals surface area (Å²) in [6.07, 6.45) is 0.417. The average molecular weight is 375 g/mol. The molecule has 1 N–H and O–H groups in total. The summed E-state index contributed by atoms with van der Waals surface area (Å²) < 4.78 is 1.84. The van der Waals surface area contributed by atoms with E-state index in [-0.39, 0.29) is 5.91 Å². The van der Waals surface area contributed by atoms with Crippen LogP contribution >= 0.6 is 43.2 Å². The summed E-state index contributed by atoms with van der Waals surface area (Å²) in [6.45, 7) is 0. The largest absolute Gasteiger partial charge is 0.325 e. The second kappa shape index (κ2) is 5.80. The number of hydrogen-bond acceptors (Lipinski definition) is 2. The normalized spacial score (nSPS) is 10.2. The van der Waals surface area contributed by atoms with Gasteiger partial charge in [0.2, 0.25) is 5.91 Å². The summed E-state index contributed by atoms with van der Waals surface area (Å²) in [6, 6.07) is 9.57. The van der Waals surface area contributed by atoms with Crippen LogP contribution in [0.3, 0.4) is 0 Å². The van der Waals surface area contributed by atoms with Crippen molar-refractivity contribution in [2.75, 3.05) is 5.32 Å². The first-order chi connectivity index (χ1) is 8.15. The molecule has 0 bridgehead atoms. The van der Waals surface area contributed by atoms with E-state index in [1.54, 1.807) is 11.3 Å². The molecule has 2 nitrogen and oxygen atoms in total. The zero-order valence-electron chi connectivity index (χ0n) is 8.74. The van der Waals surface area contributed by atoms with Gasteiger partial charge in [0.1, 0.15) is 0 Å². The molecule has 1 heterocycles. The first-order valence-electron chi connectivity index (χ1n) is 4.92. The van der Waals surface area contributed by atoms with Crippen LogP contribution in [0.2, 0.25) is 0 Å². The fourth-order valence-corrected chi connectivity index (χ4v) is 3.21. The molecule has 0 unspecified atom stereocenters. The van der Waals surface area contributed by atoms with Crippen molar-refractivity contribution >= 4 is 54.8 Å². The number of halogens is 2. The predicted octanol–water partition coefficient (Wildman–Crippen LogP) is 4.45. The van der Waals surface area contributed by atoms with Gasteiger partial charge in [-0.05, 0) is 45.6 Å². The number of thiophene rings is 1. The second-order valence-corrected chi connectivity index (χ2v) is 6.23. The molecule has 0 atom stereocenters. The SMILES string of the molecule is O=C(Cc1cccs1)Nc1ccc(Br)cc1Br. The highest BCUT2D eigenvalue weighted by Gasteiger charge is 2.07. The summed E-state index contributed by atoms with van der Waals surface area (Å²) in [4.78, 5) is 12.8. The average Bonchev–Trinajstić information content (AvgIpc) is 2.75. The van der Waals surface area contributed by atoms with Crippen molar-refractivity contribution < 1.29 is 4.79 Å². The third kappa shape index (κ3) is 3.66. The summed E-state index contributed by atoms with van der Waals surface area (Å²) in [5, 5.41) is 4.85. The molecule has 1 aromatic carbocycles. The monoisotopic (exact) mass is 373 g/mol. The van der Waals surface area contributed by atoms with Crippen LogP contribution in [0.1, 0.15) is 4.88 Å².